The Hall–Kier alpha value is -0.670. The molecule has 0 N–H and O–H groups in total. The molecule has 0 unspecified atom stereocenters. The Bertz CT molecular complexity index is 436. The van der Waals surface area contributed by atoms with Crippen molar-refractivity contribution in [1.82, 2.24) is 0 Å². The van der Waals surface area contributed by atoms with Gasteiger partial charge in [-0.15, -0.1) is 11.8 Å². The van der Waals surface area contributed by atoms with Crippen LogP contribution in [0.3, 0.4) is 0 Å². The maximum Gasteiger partial charge on any atom is 0.338 e. The van der Waals surface area contributed by atoms with Crippen molar-refractivity contribution >= 4 is 29.3 Å². The fourth-order valence-corrected chi connectivity index (χ4v) is 2.59. The Morgan fingerprint density at radius 1 is 1.28 bits per heavy atom. The third kappa shape index (κ3) is 5.32. The van der Waals surface area contributed by atoms with Crippen molar-refractivity contribution < 1.29 is 9.53 Å². The normalized spacial score (nSPS) is 11.7. The van der Waals surface area contributed by atoms with Crippen molar-refractivity contribution in [3.63, 3.8) is 0 Å². The van der Waals surface area contributed by atoms with Gasteiger partial charge in [-0.25, -0.2) is 4.79 Å². The van der Waals surface area contributed by atoms with Crippen LogP contribution in [0.2, 0.25) is 5.02 Å². The van der Waals surface area contributed by atoms with E-state index in [1.807, 2.05) is 32.9 Å². The minimum atomic E-state index is -0.495. The van der Waals surface area contributed by atoms with Crippen LogP contribution in [0.4, 0.5) is 0 Å². The van der Waals surface area contributed by atoms with E-state index in [2.05, 4.69) is 13.8 Å². The predicted octanol–water partition coefficient (Wildman–Crippen LogP) is 4.80. The largest absolute Gasteiger partial charge is 0.456 e. The van der Waals surface area contributed by atoms with Crippen molar-refractivity contribution in [2.24, 2.45) is 0 Å². The molecule has 0 heterocycles. The van der Waals surface area contributed by atoms with Crippen LogP contribution in [0, 0.1) is 0 Å². The first-order valence-electron chi connectivity index (χ1n) is 5.88. The molecule has 0 aliphatic rings. The van der Waals surface area contributed by atoms with E-state index in [1.54, 1.807) is 17.8 Å². The van der Waals surface area contributed by atoms with E-state index < -0.39 is 5.60 Å². The number of hydrogen-bond donors (Lipinski definition) is 0. The van der Waals surface area contributed by atoms with Crippen LogP contribution in [-0.4, -0.2) is 16.8 Å². The average Bonchev–Trinajstić information content (AvgIpc) is 2.12. The van der Waals surface area contributed by atoms with E-state index in [0.29, 0.717) is 15.8 Å². The van der Waals surface area contributed by atoms with Crippen molar-refractivity contribution in [2.75, 3.05) is 0 Å². The first-order valence-corrected chi connectivity index (χ1v) is 7.14. The molecule has 0 amide bonds. The van der Waals surface area contributed by atoms with Crippen LogP contribution < -0.4 is 0 Å². The number of thioether (sulfide) groups is 1. The van der Waals surface area contributed by atoms with Gasteiger partial charge in [-0.1, -0.05) is 25.4 Å². The number of hydrogen-bond acceptors (Lipinski definition) is 3. The van der Waals surface area contributed by atoms with Gasteiger partial charge in [0.05, 0.1) is 5.56 Å². The minimum Gasteiger partial charge on any atom is -0.456 e. The van der Waals surface area contributed by atoms with Crippen molar-refractivity contribution in [2.45, 2.75) is 50.4 Å². The molecule has 1 aromatic rings. The standard InChI is InChI=1S/C14H19ClO2S/c1-9(2)18-12-7-10(6-11(15)8-12)13(16)17-14(3,4)5/h6-9H,1-5H3. The zero-order valence-corrected chi connectivity index (χ0v) is 13.0. The molecule has 1 aromatic carbocycles. The van der Waals surface area contributed by atoms with Crippen LogP contribution in [0.5, 0.6) is 0 Å². The van der Waals surface area contributed by atoms with Gasteiger partial charge in [0, 0.05) is 15.2 Å². The summed E-state index contributed by atoms with van der Waals surface area (Å²) in [5.74, 6) is -0.337. The second-order valence-corrected chi connectivity index (χ2v) is 7.43. The van der Waals surface area contributed by atoms with Crippen molar-refractivity contribution in [3.8, 4) is 0 Å². The summed E-state index contributed by atoms with van der Waals surface area (Å²) in [4.78, 5) is 12.9. The Balaban J connectivity index is 2.95. The van der Waals surface area contributed by atoms with Gasteiger partial charge >= 0.3 is 5.97 Å². The predicted molar refractivity (Wildman–Crippen MR) is 77.6 cm³/mol. The Labute approximate surface area is 118 Å². The van der Waals surface area contributed by atoms with Crippen LogP contribution >= 0.6 is 23.4 Å². The summed E-state index contributed by atoms with van der Waals surface area (Å²) in [7, 11) is 0. The molecule has 0 spiro atoms. The van der Waals surface area contributed by atoms with Gasteiger partial charge in [0.1, 0.15) is 5.60 Å². The maximum absolute atomic E-state index is 12.0. The Morgan fingerprint density at radius 2 is 1.89 bits per heavy atom. The second kappa shape index (κ2) is 5.98. The van der Waals surface area contributed by atoms with E-state index >= 15 is 0 Å². The smallest absolute Gasteiger partial charge is 0.338 e. The molecule has 18 heavy (non-hydrogen) atoms. The molecule has 0 fully saturated rings. The fraction of sp³-hybridized carbons (Fsp3) is 0.500. The fourth-order valence-electron chi connectivity index (χ4n) is 1.36. The number of halogens is 1. The first-order chi connectivity index (χ1) is 8.17. The quantitative estimate of drug-likeness (QED) is 0.590. The molecule has 0 saturated carbocycles. The average molecular weight is 287 g/mol. The third-order valence-electron chi connectivity index (χ3n) is 1.88. The van der Waals surface area contributed by atoms with Crippen molar-refractivity contribution in [3.05, 3.63) is 28.8 Å². The van der Waals surface area contributed by atoms with Crippen LogP contribution in [0.25, 0.3) is 0 Å². The van der Waals surface area contributed by atoms with E-state index in [-0.39, 0.29) is 5.97 Å². The highest BCUT2D eigenvalue weighted by Crippen LogP contribution is 2.28. The number of benzene rings is 1. The first kappa shape index (κ1) is 15.4. The molecule has 0 atom stereocenters. The van der Waals surface area contributed by atoms with E-state index in [9.17, 15) is 4.79 Å². The van der Waals surface area contributed by atoms with Gasteiger partial charge in [0.25, 0.3) is 0 Å². The maximum atomic E-state index is 12.0. The van der Waals surface area contributed by atoms with Gasteiger partial charge < -0.3 is 4.74 Å². The molecular formula is C14H19ClO2S. The summed E-state index contributed by atoms with van der Waals surface area (Å²) in [6.07, 6.45) is 0. The van der Waals surface area contributed by atoms with Crippen molar-refractivity contribution in [1.29, 1.82) is 0 Å². The lowest BCUT2D eigenvalue weighted by atomic mass is 10.1. The molecule has 0 saturated heterocycles. The second-order valence-electron chi connectivity index (χ2n) is 5.34. The lowest BCUT2D eigenvalue weighted by molar-refractivity contribution is 0.00692. The summed E-state index contributed by atoms with van der Waals surface area (Å²) < 4.78 is 5.33. The van der Waals surface area contributed by atoms with Gasteiger partial charge in [0.2, 0.25) is 0 Å². The van der Waals surface area contributed by atoms with Crippen LogP contribution in [0.1, 0.15) is 45.0 Å². The summed E-state index contributed by atoms with van der Waals surface area (Å²) in [6.45, 7) is 9.73. The van der Waals surface area contributed by atoms with E-state index in [4.69, 9.17) is 16.3 Å². The molecule has 2 nitrogen and oxygen atoms in total. The highest BCUT2D eigenvalue weighted by atomic mass is 35.5. The SMILES string of the molecule is CC(C)Sc1cc(Cl)cc(C(=O)OC(C)(C)C)c1. The summed E-state index contributed by atoms with van der Waals surface area (Å²) in [5.41, 5.74) is 0.00525. The topological polar surface area (TPSA) is 26.3 Å². The molecule has 0 radical (unpaired) electrons. The summed E-state index contributed by atoms with van der Waals surface area (Å²) >= 11 is 7.70. The lowest BCUT2D eigenvalue weighted by Crippen LogP contribution is -2.23. The van der Waals surface area contributed by atoms with Gasteiger partial charge in [-0.3, -0.25) is 0 Å². The summed E-state index contributed by atoms with van der Waals surface area (Å²) in [6, 6.07) is 5.32. The molecule has 4 heteroatoms. The molecule has 100 valence electrons. The summed E-state index contributed by atoms with van der Waals surface area (Å²) in [5, 5.41) is 0.997. The molecule has 0 bridgehead atoms. The van der Waals surface area contributed by atoms with Crippen LogP contribution in [-0.2, 0) is 4.74 Å². The van der Waals surface area contributed by atoms with Gasteiger partial charge in [0.15, 0.2) is 0 Å². The Morgan fingerprint density at radius 3 is 2.39 bits per heavy atom. The molecular weight excluding hydrogens is 268 g/mol. The molecule has 0 aromatic heterocycles. The van der Waals surface area contributed by atoms with Gasteiger partial charge in [-0.05, 0) is 39.0 Å². The third-order valence-corrected chi connectivity index (χ3v) is 3.08. The highest BCUT2D eigenvalue weighted by molar-refractivity contribution is 7.99. The molecule has 1 rings (SSSR count). The number of rotatable bonds is 3. The molecule has 0 aliphatic carbocycles. The highest BCUT2D eigenvalue weighted by Gasteiger charge is 2.18. The number of esters is 1. The lowest BCUT2D eigenvalue weighted by Gasteiger charge is -2.19. The van der Waals surface area contributed by atoms with E-state index in [1.165, 1.54) is 0 Å². The number of carbonyl (C=O) groups excluding carboxylic acids is 1. The number of ether oxygens (including phenoxy) is 1. The zero-order valence-electron chi connectivity index (χ0n) is 11.4. The van der Waals surface area contributed by atoms with Crippen LogP contribution in [0.15, 0.2) is 23.1 Å². The zero-order chi connectivity index (χ0) is 13.9. The molecule has 0 aliphatic heterocycles. The monoisotopic (exact) mass is 286 g/mol. The Kier molecular flexibility index (Phi) is 5.11. The van der Waals surface area contributed by atoms with E-state index in [0.717, 1.165) is 4.90 Å². The van der Waals surface area contributed by atoms with Gasteiger partial charge in [-0.2, -0.15) is 0 Å². The number of carbonyl (C=O) groups is 1. The minimum absolute atomic E-state index is 0.337.